The summed E-state index contributed by atoms with van der Waals surface area (Å²) in [6.45, 7) is 2.80. The summed E-state index contributed by atoms with van der Waals surface area (Å²) in [6.07, 6.45) is 9.35. The van der Waals surface area contributed by atoms with E-state index >= 15 is 0 Å². The Labute approximate surface area is 216 Å². The van der Waals surface area contributed by atoms with Crippen molar-refractivity contribution < 1.29 is 9.59 Å². The van der Waals surface area contributed by atoms with Crippen LogP contribution in [-0.4, -0.2) is 69.0 Å². The van der Waals surface area contributed by atoms with Crippen molar-refractivity contribution in [3.63, 3.8) is 0 Å². The second-order valence-electron chi connectivity index (χ2n) is 10.8. The van der Waals surface area contributed by atoms with Gasteiger partial charge in [-0.1, -0.05) is 32.1 Å². The van der Waals surface area contributed by atoms with Crippen LogP contribution in [0.1, 0.15) is 62.0 Å². The van der Waals surface area contributed by atoms with Crippen LogP contribution in [0.25, 0.3) is 16.4 Å². The van der Waals surface area contributed by atoms with Crippen molar-refractivity contribution in [3.8, 4) is 0 Å². The molecule has 3 atom stereocenters. The highest BCUT2D eigenvalue weighted by atomic mass is 16.2. The minimum absolute atomic E-state index is 0.0322. The summed E-state index contributed by atoms with van der Waals surface area (Å²) < 4.78 is 2.10. The highest BCUT2D eigenvalue weighted by Gasteiger charge is 2.31. The molecule has 10 heteroatoms. The fourth-order valence-corrected chi connectivity index (χ4v) is 6.02. The Balaban J connectivity index is 1.25. The van der Waals surface area contributed by atoms with Gasteiger partial charge in [-0.25, -0.2) is 9.97 Å². The van der Waals surface area contributed by atoms with Crippen LogP contribution in [0.3, 0.4) is 0 Å². The summed E-state index contributed by atoms with van der Waals surface area (Å²) in [5.74, 6) is 1.56. The number of nitrogens with zero attached hydrogens (tertiary/aromatic N) is 7. The molecule has 3 aliphatic rings. The third kappa shape index (κ3) is 4.43. The molecule has 3 aromatic heterocycles. The number of carbonyl (C=O) groups is 2. The van der Waals surface area contributed by atoms with Crippen LogP contribution < -0.4 is 10.2 Å². The van der Waals surface area contributed by atoms with E-state index in [1.165, 1.54) is 0 Å². The van der Waals surface area contributed by atoms with Gasteiger partial charge in [-0.2, -0.15) is 4.98 Å². The van der Waals surface area contributed by atoms with Crippen LogP contribution in [0, 0.1) is 5.92 Å². The largest absolute Gasteiger partial charge is 0.655 e. The van der Waals surface area contributed by atoms with E-state index < -0.39 is 0 Å². The number of hydrogen-bond donors (Lipinski definition) is 1. The quantitative estimate of drug-likeness (QED) is 0.559. The fourth-order valence-electron chi connectivity index (χ4n) is 6.02. The Morgan fingerprint density at radius 2 is 1.97 bits per heavy atom. The second-order valence-corrected chi connectivity index (χ2v) is 10.8. The van der Waals surface area contributed by atoms with Crippen LogP contribution in [0.4, 0.5) is 17.5 Å². The van der Waals surface area contributed by atoms with Gasteiger partial charge in [0, 0.05) is 44.7 Å². The van der Waals surface area contributed by atoms with Crippen molar-refractivity contribution in [1.82, 2.24) is 24.4 Å². The molecule has 1 aliphatic carbocycles. The SMILES string of the molecule is CC1C[C@@H]2CN(c3ccc(Nc4ncc5cc(C(=O)N(C)C)n(C6CCCC6)c5n4)nc3)C(=O)C[C@H]1[N-]2. The van der Waals surface area contributed by atoms with Crippen LogP contribution in [0.5, 0.6) is 0 Å². The topological polar surface area (TPSA) is 110 Å². The lowest BCUT2D eigenvalue weighted by molar-refractivity contribution is -0.118. The number of amides is 2. The number of nitrogens with one attached hydrogen (secondary N) is 1. The molecule has 0 aromatic carbocycles. The van der Waals surface area contributed by atoms with Gasteiger partial charge in [0.05, 0.1) is 11.9 Å². The molecule has 194 valence electrons. The van der Waals surface area contributed by atoms with Crippen molar-refractivity contribution in [2.45, 2.75) is 63.6 Å². The van der Waals surface area contributed by atoms with E-state index in [-0.39, 0.29) is 29.9 Å². The zero-order valence-electron chi connectivity index (χ0n) is 21.6. The Bertz CT molecular complexity index is 1330. The lowest BCUT2D eigenvalue weighted by Gasteiger charge is -2.28. The number of anilines is 3. The average molecular weight is 502 g/mol. The molecule has 10 nitrogen and oxygen atoms in total. The predicted molar refractivity (Wildman–Crippen MR) is 142 cm³/mol. The molecule has 0 radical (unpaired) electrons. The Morgan fingerprint density at radius 1 is 1.16 bits per heavy atom. The van der Waals surface area contributed by atoms with Gasteiger partial charge < -0.3 is 25.0 Å². The molecule has 2 aliphatic heterocycles. The first-order valence-corrected chi connectivity index (χ1v) is 13.2. The molecule has 2 bridgehead atoms. The molecule has 3 fully saturated rings. The molecular formula is C27H33N8O2-. The normalized spacial score (nSPS) is 24.0. The van der Waals surface area contributed by atoms with Gasteiger partial charge in [0.2, 0.25) is 11.9 Å². The maximum Gasteiger partial charge on any atom is 0.270 e. The van der Waals surface area contributed by atoms with Crippen LogP contribution in [0.2, 0.25) is 0 Å². The highest BCUT2D eigenvalue weighted by molar-refractivity contribution is 5.98. The van der Waals surface area contributed by atoms with E-state index in [0.29, 0.717) is 36.3 Å². The van der Waals surface area contributed by atoms with E-state index in [1.807, 2.05) is 23.1 Å². The molecule has 0 spiro atoms. The molecule has 5 heterocycles. The van der Waals surface area contributed by atoms with Crippen molar-refractivity contribution >= 4 is 40.3 Å². The van der Waals surface area contributed by atoms with E-state index in [9.17, 15) is 9.59 Å². The summed E-state index contributed by atoms with van der Waals surface area (Å²) in [7, 11) is 3.54. The maximum absolute atomic E-state index is 12.9. The van der Waals surface area contributed by atoms with Crippen molar-refractivity contribution in [3.05, 3.63) is 41.6 Å². The Morgan fingerprint density at radius 3 is 2.70 bits per heavy atom. The lowest BCUT2D eigenvalue weighted by Crippen LogP contribution is -2.37. The third-order valence-electron chi connectivity index (χ3n) is 7.97. The predicted octanol–water partition coefficient (Wildman–Crippen LogP) is 4.27. The summed E-state index contributed by atoms with van der Waals surface area (Å²) in [4.78, 5) is 43.0. The van der Waals surface area contributed by atoms with Crippen LogP contribution >= 0.6 is 0 Å². The third-order valence-corrected chi connectivity index (χ3v) is 7.97. The lowest BCUT2D eigenvalue weighted by atomic mass is 9.96. The van der Waals surface area contributed by atoms with Crippen LogP contribution in [-0.2, 0) is 4.79 Å². The summed E-state index contributed by atoms with van der Waals surface area (Å²) in [5, 5.41) is 8.86. The highest BCUT2D eigenvalue weighted by Crippen LogP contribution is 2.38. The molecule has 2 amide bonds. The van der Waals surface area contributed by atoms with E-state index in [0.717, 1.165) is 48.8 Å². The number of fused-ring (bicyclic) bond motifs is 3. The molecule has 1 N–H and O–H groups in total. The first kappa shape index (κ1) is 23.8. The van der Waals surface area contributed by atoms with Gasteiger partial charge in [-0.15, -0.1) is 12.1 Å². The molecule has 6 rings (SSSR count). The maximum atomic E-state index is 12.9. The second kappa shape index (κ2) is 9.41. The van der Waals surface area contributed by atoms with E-state index in [2.05, 4.69) is 26.8 Å². The molecule has 1 saturated carbocycles. The monoisotopic (exact) mass is 501 g/mol. The number of rotatable bonds is 5. The van der Waals surface area contributed by atoms with E-state index in [1.54, 1.807) is 31.4 Å². The molecule has 2 saturated heterocycles. The van der Waals surface area contributed by atoms with Gasteiger partial charge >= 0.3 is 0 Å². The van der Waals surface area contributed by atoms with Crippen molar-refractivity contribution in [2.24, 2.45) is 5.92 Å². The van der Waals surface area contributed by atoms with Gasteiger partial charge in [0.1, 0.15) is 17.2 Å². The van der Waals surface area contributed by atoms with Gasteiger partial charge in [0.15, 0.2) is 0 Å². The molecule has 1 unspecified atom stereocenters. The summed E-state index contributed by atoms with van der Waals surface area (Å²) >= 11 is 0. The smallest absolute Gasteiger partial charge is 0.270 e. The zero-order valence-corrected chi connectivity index (χ0v) is 21.6. The van der Waals surface area contributed by atoms with Gasteiger partial charge in [0.25, 0.3) is 5.91 Å². The number of carbonyl (C=O) groups excluding carboxylic acids is 2. The molecule has 37 heavy (non-hydrogen) atoms. The van der Waals surface area contributed by atoms with Crippen molar-refractivity contribution in [2.75, 3.05) is 30.9 Å². The Hall–Kier alpha value is -3.53. The number of pyridine rings is 1. The van der Waals surface area contributed by atoms with E-state index in [4.69, 9.17) is 10.3 Å². The Kier molecular flexibility index (Phi) is 6.06. The average Bonchev–Trinajstić information content (AvgIpc) is 3.58. The molecule has 3 aromatic rings. The standard InChI is InChI=1S/C27H33N8O2/c1-16-10-18-15-34(24(36)12-21(16)30-18)20-8-9-23(28-14-20)31-27-29-13-17-11-22(26(37)33(2)3)35(25(17)32-27)19-6-4-5-7-19/h8-9,11,13-14,16,18-19,21H,4-7,10,12,15H2,1-3H3,(H,28,29,31,32)/q-1/t16?,18-,21-/m1/s1. The van der Waals surface area contributed by atoms with Gasteiger partial charge in [-0.05, 0) is 31.0 Å². The fraction of sp³-hybridized carbons (Fsp3) is 0.519. The molecular weight excluding hydrogens is 468 g/mol. The first-order chi connectivity index (χ1) is 17.9. The number of hydrogen-bond acceptors (Lipinski definition) is 6. The minimum atomic E-state index is -0.0322. The number of aromatic nitrogens is 4. The summed E-state index contributed by atoms with van der Waals surface area (Å²) in [6, 6.07) is 6.24. The van der Waals surface area contributed by atoms with Gasteiger partial charge in [-0.3, -0.25) is 9.59 Å². The zero-order chi connectivity index (χ0) is 25.7. The minimum Gasteiger partial charge on any atom is -0.655 e. The first-order valence-electron chi connectivity index (χ1n) is 13.2. The van der Waals surface area contributed by atoms with Crippen molar-refractivity contribution in [1.29, 1.82) is 0 Å². The van der Waals surface area contributed by atoms with Crippen LogP contribution in [0.15, 0.2) is 30.6 Å². The summed E-state index contributed by atoms with van der Waals surface area (Å²) in [5.41, 5.74) is 2.19.